The van der Waals surface area contributed by atoms with E-state index in [1.165, 1.54) is 34.3 Å². The summed E-state index contributed by atoms with van der Waals surface area (Å²) in [6.45, 7) is 2.58. The number of benzene rings is 1. The summed E-state index contributed by atoms with van der Waals surface area (Å²) in [5, 5.41) is 15.3. The number of aromatic nitrogens is 2. The molecule has 0 bridgehead atoms. The number of nitrogens with zero attached hydrogens (tertiary/aromatic N) is 4. The van der Waals surface area contributed by atoms with Gasteiger partial charge in [-0.2, -0.15) is 5.10 Å². The van der Waals surface area contributed by atoms with E-state index in [4.69, 9.17) is 14.9 Å². The van der Waals surface area contributed by atoms with Gasteiger partial charge in [0.05, 0.1) is 11.2 Å². The van der Waals surface area contributed by atoms with Crippen molar-refractivity contribution in [2.45, 2.75) is 57.7 Å². The van der Waals surface area contributed by atoms with E-state index < -0.39 is 6.09 Å². The van der Waals surface area contributed by atoms with Crippen molar-refractivity contribution in [3.63, 3.8) is 0 Å². The maximum Gasteiger partial charge on any atom is 0.407 e. The van der Waals surface area contributed by atoms with Crippen LogP contribution in [0.4, 0.5) is 4.79 Å². The van der Waals surface area contributed by atoms with Crippen LogP contribution in [0.25, 0.3) is 16.5 Å². The molecule has 7 heteroatoms. The summed E-state index contributed by atoms with van der Waals surface area (Å²) in [4.78, 5) is 14.5. The molecule has 1 N–H and O–H groups in total. The van der Waals surface area contributed by atoms with E-state index in [1.807, 2.05) is 7.05 Å². The van der Waals surface area contributed by atoms with Crippen LogP contribution in [0.15, 0.2) is 24.3 Å². The van der Waals surface area contributed by atoms with Gasteiger partial charge >= 0.3 is 6.09 Å². The van der Waals surface area contributed by atoms with Crippen LogP contribution < -0.4 is 0 Å². The first-order valence-corrected chi connectivity index (χ1v) is 11.5. The molecule has 1 unspecified atom stereocenters. The molecular formula is C24H34N4O3. The van der Waals surface area contributed by atoms with E-state index in [9.17, 15) is 4.79 Å². The van der Waals surface area contributed by atoms with Gasteiger partial charge in [0, 0.05) is 38.7 Å². The quantitative estimate of drug-likeness (QED) is 0.693. The highest BCUT2D eigenvalue weighted by atomic mass is 16.5. The smallest absolute Gasteiger partial charge is 0.407 e. The Kier molecular flexibility index (Phi) is 6.92. The average Bonchev–Trinajstić information content (AvgIpc) is 3.16. The van der Waals surface area contributed by atoms with Crippen molar-refractivity contribution >= 4 is 22.6 Å². The van der Waals surface area contributed by atoms with Crippen LogP contribution in [-0.2, 0) is 11.3 Å². The van der Waals surface area contributed by atoms with E-state index in [-0.39, 0.29) is 6.23 Å². The van der Waals surface area contributed by atoms with Crippen LogP contribution in [0, 0.1) is 0 Å². The minimum absolute atomic E-state index is 0.00630. The predicted octanol–water partition coefficient (Wildman–Crippen LogP) is 4.73. The zero-order chi connectivity index (χ0) is 21.8. The van der Waals surface area contributed by atoms with Crippen molar-refractivity contribution in [2.24, 2.45) is 0 Å². The van der Waals surface area contributed by atoms with Gasteiger partial charge in [-0.15, -0.1) is 0 Å². The number of likely N-dealkylation sites (N-methyl/N-ethyl adjacent to an activating group) is 2. The van der Waals surface area contributed by atoms with Crippen LogP contribution in [0.5, 0.6) is 0 Å². The summed E-state index contributed by atoms with van der Waals surface area (Å²) in [6, 6.07) is 6.73. The molecule has 168 valence electrons. The normalized spacial score (nSPS) is 19.6. The van der Waals surface area contributed by atoms with Gasteiger partial charge in [-0.1, -0.05) is 12.1 Å². The molecule has 31 heavy (non-hydrogen) atoms. The van der Waals surface area contributed by atoms with Crippen LogP contribution in [0.1, 0.15) is 62.4 Å². The first-order valence-electron chi connectivity index (χ1n) is 11.5. The lowest BCUT2D eigenvalue weighted by molar-refractivity contribution is -0.0370. The fraction of sp³-hybridized carbons (Fsp3) is 0.583. The Morgan fingerprint density at radius 3 is 2.81 bits per heavy atom. The molecule has 1 aromatic carbocycles. The molecule has 2 aliphatic rings. The lowest BCUT2D eigenvalue weighted by atomic mass is 9.93. The van der Waals surface area contributed by atoms with Gasteiger partial charge in [0.2, 0.25) is 0 Å². The van der Waals surface area contributed by atoms with E-state index in [0.717, 1.165) is 49.9 Å². The monoisotopic (exact) mass is 426 g/mol. The summed E-state index contributed by atoms with van der Waals surface area (Å²) in [5.41, 5.74) is 4.89. The Morgan fingerprint density at radius 1 is 1.23 bits per heavy atom. The second-order valence-electron chi connectivity index (χ2n) is 8.86. The molecule has 1 amide bonds. The number of carbonyl (C=O) groups is 1. The lowest BCUT2D eigenvalue weighted by Crippen LogP contribution is -2.33. The van der Waals surface area contributed by atoms with Crippen LogP contribution in [0.2, 0.25) is 0 Å². The number of carboxylic acid groups (broad SMARTS) is 1. The highest BCUT2D eigenvalue weighted by molar-refractivity contribution is 5.86. The molecule has 4 rings (SSSR count). The van der Waals surface area contributed by atoms with E-state index in [0.29, 0.717) is 19.6 Å². The summed E-state index contributed by atoms with van der Waals surface area (Å²) < 4.78 is 8.12. The summed E-state index contributed by atoms with van der Waals surface area (Å²) in [6.07, 6.45) is 9.58. The zero-order valence-corrected chi connectivity index (χ0v) is 18.7. The van der Waals surface area contributed by atoms with E-state index >= 15 is 0 Å². The predicted molar refractivity (Wildman–Crippen MR) is 122 cm³/mol. The van der Waals surface area contributed by atoms with Gasteiger partial charge in [0.15, 0.2) is 6.23 Å². The Balaban J connectivity index is 1.62. The number of rotatable bonds is 7. The van der Waals surface area contributed by atoms with Crippen molar-refractivity contribution in [3.05, 3.63) is 35.5 Å². The first-order chi connectivity index (χ1) is 15.0. The molecule has 1 atom stereocenters. The van der Waals surface area contributed by atoms with Crippen LogP contribution in [0.3, 0.4) is 0 Å². The van der Waals surface area contributed by atoms with Gasteiger partial charge in [-0.25, -0.2) is 9.48 Å². The van der Waals surface area contributed by atoms with Crippen LogP contribution >= 0.6 is 0 Å². The molecule has 1 aliphatic heterocycles. The molecule has 1 aromatic heterocycles. The molecule has 1 fully saturated rings. The minimum atomic E-state index is -0.900. The number of amides is 1. The van der Waals surface area contributed by atoms with Gasteiger partial charge in [-0.3, -0.25) is 4.90 Å². The van der Waals surface area contributed by atoms with Gasteiger partial charge in [0.1, 0.15) is 0 Å². The summed E-state index contributed by atoms with van der Waals surface area (Å²) in [7, 11) is 3.62. The van der Waals surface area contributed by atoms with E-state index in [1.54, 1.807) is 7.05 Å². The first kappa shape index (κ1) is 21.8. The molecule has 2 heterocycles. The molecule has 0 spiro atoms. The molecule has 7 nitrogen and oxygen atoms in total. The number of hydrogen-bond donors (Lipinski definition) is 1. The van der Waals surface area contributed by atoms with Gasteiger partial charge < -0.3 is 14.7 Å². The van der Waals surface area contributed by atoms with E-state index in [2.05, 4.69) is 33.9 Å². The summed E-state index contributed by atoms with van der Waals surface area (Å²) >= 11 is 0. The number of hydrogen-bond acceptors (Lipinski definition) is 4. The fourth-order valence-corrected chi connectivity index (χ4v) is 4.51. The van der Waals surface area contributed by atoms with Crippen molar-refractivity contribution in [1.82, 2.24) is 19.6 Å². The van der Waals surface area contributed by atoms with Crippen molar-refractivity contribution in [1.29, 1.82) is 0 Å². The van der Waals surface area contributed by atoms with Crippen molar-refractivity contribution < 1.29 is 14.6 Å². The van der Waals surface area contributed by atoms with Crippen molar-refractivity contribution in [3.8, 4) is 0 Å². The minimum Gasteiger partial charge on any atom is -0.465 e. The van der Waals surface area contributed by atoms with Gasteiger partial charge in [-0.05, 0) is 75.3 Å². The number of fused-ring (bicyclic) bond motifs is 1. The summed E-state index contributed by atoms with van der Waals surface area (Å²) in [5.74, 6) is 0. The third kappa shape index (κ3) is 5.10. The zero-order valence-electron chi connectivity index (χ0n) is 18.7. The Morgan fingerprint density at radius 2 is 2.10 bits per heavy atom. The molecule has 1 saturated heterocycles. The van der Waals surface area contributed by atoms with Crippen LogP contribution in [-0.4, -0.2) is 64.6 Å². The maximum atomic E-state index is 11.1. The standard InChI is InChI=1S/C24H34N4O3/c1-26(13-14-27(2)24(29)30)17-21-20-16-19(18-8-4-3-5-9-18)11-12-22(20)28(25-21)23-10-6-7-15-31-23/h8,11-12,16,23H,3-7,9-10,13-15,17H2,1-2H3,(H,29,30). The number of allylic oxidation sites excluding steroid dienone is 2. The Labute approximate surface area is 184 Å². The SMILES string of the molecule is CN(CCN(C)C(=O)O)Cc1nn(C2CCCCO2)c2ccc(C3=CCCCC3)cc12. The Hall–Kier alpha value is -2.38. The fourth-order valence-electron chi connectivity index (χ4n) is 4.51. The molecule has 0 radical (unpaired) electrons. The molecule has 2 aromatic rings. The molecule has 0 saturated carbocycles. The second-order valence-corrected chi connectivity index (χ2v) is 8.86. The lowest BCUT2D eigenvalue weighted by Gasteiger charge is -2.23. The maximum absolute atomic E-state index is 11.1. The van der Waals surface area contributed by atoms with Gasteiger partial charge in [0.25, 0.3) is 0 Å². The highest BCUT2D eigenvalue weighted by Gasteiger charge is 2.22. The molecular weight excluding hydrogens is 392 g/mol. The topological polar surface area (TPSA) is 70.8 Å². The average molecular weight is 427 g/mol. The second kappa shape index (κ2) is 9.83. The number of ether oxygens (including phenoxy) is 1. The highest BCUT2D eigenvalue weighted by Crippen LogP contribution is 2.33. The van der Waals surface area contributed by atoms with Crippen molar-refractivity contribution in [2.75, 3.05) is 33.8 Å². The Bertz CT molecular complexity index is 946. The largest absolute Gasteiger partial charge is 0.465 e. The molecule has 1 aliphatic carbocycles. The third-order valence-electron chi connectivity index (χ3n) is 6.44. The third-order valence-corrected chi connectivity index (χ3v) is 6.44.